The van der Waals surface area contributed by atoms with Crippen molar-refractivity contribution in [1.82, 2.24) is 10.2 Å². The summed E-state index contributed by atoms with van der Waals surface area (Å²) in [6.45, 7) is 2.92. The molecule has 0 spiro atoms. The first-order valence-corrected chi connectivity index (χ1v) is 3.24. The fourth-order valence-electron chi connectivity index (χ4n) is 0.939. The molecule has 1 amide bonds. The Balaban J connectivity index is 2.40. The Morgan fingerprint density at radius 3 is 2.60 bits per heavy atom. The SMILES string of the molecule is N#CC(=O)N1CCNCC1. The van der Waals surface area contributed by atoms with Crippen LogP contribution < -0.4 is 5.32 Å². The molecule has 1 aliphatic rings. The van der Waals surface area contributed by atoms with Gasteiger partial charge in [-0.15, -0.1) is 0 Å². The maximum Gasteiger partial charge on any atom is 0.325 e. The van der Waals surface area contributed by atoms with E-state index < -0.39 is 5.91 Å². The molecule has 1 saturated heterocycles. The van der Waals surface area contributed by atoms with Crippen LogP contribution in [0, 0.1) is 11.3 Å². The zero-order valence-electron chi connectivity index (χ0n) is 5.63. The third kappa shape index (κ3) is 1.45. The summed E-state index contributed by atoms with van der Waals surface area (Å²) in [7, 11) is 0. The van der Waals surface area contributed by atoms with Gasteiger partial charge in [-0.25, -0.2) is 0 Å². The highest BCUT2D eigenvalue weighted by molar-refractivity contribution is 5.91. The van der Waals surface area contributed by atoms with Gasteiger partial charge >= 0.3 is 5.91 Å². The molecule has 0 aromatic carbocycles. The quantitative estimate of drug-likeness (QED) is 0.435. The van der Waals surface area contributed by atoms with E-state index >= 15 is 0 Å². The van der Waals surface area contributed by atoms with Crippen molar-refractivity contribution in [2.75, 3.05) is 26.2 Å². The molecule has 1 aliphatic heterocycles. The van der Waals surface area contributed by atoms with E-state index in [-0.39, 0.29) is 0 Å². The molecule has 1 fully saturated rings. The van der Waals surface area contributed by atoms with Gasteiger partial charge in [-0.3, -0.25) is 4.79 Å². The largest absolute Gasteiger partial charge is 0.328 e. The van der Waals surface area contributed by atoms with E-state index in [2.05, 4.69) is 5.32 Å². The van der Waals surface area contributed by atoms with Crippen molar-refractivity contribution >= 4 is 5.91 Å². The summed E-state index contributed by atoms with van der Waals surface area (Å²) >= 11 is 0. The van der Waals surface area contributed by atoms with Crippen molar-refractivity contribution in [3.8, 4) is 6.07 Å². The number of carbonyl (C=O) groups is 1. The van der Waals surface area contributed by atoms with E-state index in [4.69, 9.17) is 5.26 Å². The van der Waals surface area contributed by atoms with Gasteiger partial charge in [-0.05, 0) is 0 Å². The molecule has 54 valence electrons. The number of amides is 1. The number of carbonyl (C=O) groups excluding carboxylic acids is 1. The monoisotopic (exact) mass is 139 g/mol. The Morgan fingerprint density at radius 2 is 2.10 bits per heavy atom. The van der Waals surface area contributed by atoms with E-state index in [1.54, 1.807) is 11.0 Å². The number of nitriles is 1. The molecule has 4 heteroatoms. The minimum Gasteiger partial charge on any atom is -0.328 e. The van der Waals surface area contributed by atoms with E-state index in [1.165, 1.54) is 0 Å². The number of hydrogen-bond donors (Lipinski definition) is 1. The minimum atomic E-state index is -0.415. The van der Waals surface area contributed by atoms with Crippen LogP contribution >= 0.6 is 0 Å². The maximum atomic E-state index is 10.7. The van der Waals surface area contributed by atoms with Gasteiger partial charge in [0.1, 0.15) is 0 Å². The fourth-order valence-corrected chi connectivity index (χ4v) is 0.939. The lowest BCUT2D eigenvalue weighted by Crippen LogP contribution is -2.45. The maximum absolute atomic E-state index is 10.7. The molecule has 0 atom stereocenters. The standard InChI is InChI=1S/C6H9N3O/c7-5-6(10)9-3-1-8-2-4-9/h8H,1-4H2. The Kier molecular flexibility index (Phi) is 2.24. The molecule has 10 heavy (non-hydrogen) atoms. The number of hydrogen-bond acceptors (Lipinski definition) is 3. The third-order valence-electron chi connectivity index (χ3n) is 1.50. The van der Waals surface area contributed by atoms with E-state index in [0.29, 0.717) is 13.1 Å². The highest BCUT2D eigenvalue weighted by Crippen LogP contribution is 1.90. The van der Waals surface area contributed by atoms with E-state index in [1.807, 2.05) is 0 Å². The van der Waals surface area contributed by atoms with Crippen molar-refractivity contribution in [2.24, 2.45) is 0 Å². The van der Waals surface area contributed by atoms with Crippen LogP contribution in [0.5, 0.6) is 0 Å². The van der Waals surface area contributed by atoms with E-state index in [9.17, 15) is 4.79 Å². The second-order valence-electron chi connectivity index (χ2n) is 2.15. The number of rotatable bonds is 0. The predicted molar refractivity (Wildman–Crippen MR) is 35.1 cm³/mol. The normalized spacial score (nSPS) is 18.1. The molecule has 1 heterocycles. The van der Waals surface area contributed by atoms with Gasteiger partial charge in [-0.1, -0.05) is 0 Å². The summed E-state index contributed by atoms with van der Waals surface area (Å²) in [5.41, 5.74) is 0. The number of nitrogens with one attached hydrogen (secondary N) is 1. The molecule has 0 aromatic rings. The molecule has 0 saturated carbocycles. The number of piperazine rings is 1. The first-order chi connectivity index (χ1) is 4.84. The van der Waals surface area contributed by atoms with E-state index in [0.717, 1.165) is 13.1 Å². The molecule has 0 aromatic heterocycles. The first-order valence-electron chi connectivity index (χ1n) is 3.24. The Hall–Kier alpha value is -1.08. The molecule has 0 unspecified atom stereocenters. The van der Waals surface area contributed by atoms with Gasteiger partial charge in [0.2, 0.25) is 0 Å². The second kappa shape index (κ2) is 3.18. The van der Waals surface area contributed by atoms with Gasteiger partial charge in [0.15, 0.2) is 6.07 Å². The molecule has 0 aliphatic carbocycles. The Morgan fingerprint density at radius 1 is 1.50 bits per heavy atom. The zero-order valence-corrected chi connectivity index (χ0v) is 5.63. The highest BCUT2D eigenvalue weighted by Gasteiger charge is 2.14. The van der Waals surface area contributed by atoms with Crippen LogP contribution in [0.4, 0.5) is 0 Å². The van der Waals surface area contributed by atoms with Gasteiger partial charge in [0.05, 0.1) is 0 Å². The first kappa shape index (κ1) is 7.03. The van der Waals surface area contributed by atoms with Crippen molar-refractivity contribution in [1.29, 1.82) is 5.26 Å². The summed E-state index contributed by atoms with van der Waals surface area (Å²) < 4.78 is 0. The van der Waals surface area contributed by atoms with Crippen molar-refractivity contribution in [3.63, 3.8) is 0 Å². The van der Waals surface area contributed by atoms with Gasteiger partial charge in [0.25, 0.3) is 0 Å². The average Bonchev–Trinajstić information content (AvgIpc) is 2.05. The Labute approximate surface area is 59.4 Å². The Bertz CT molecular complexity index is 166. The van der Waals surface area contributed by atoms with Crippen LogP contribution in [0.1, 0.15) is 0 Å². The molecule has 1 rings (SSSR count). The van der Waals surface area contributed by atoms with Crippen molar-refractivity contribution in [3.05, 3.63) is 0 Å². The molecule has 4 nitrogen and oxygen atoms in total. The second-order valence-corrected chi connectivity index (χ2v) is 2.15. The lowest BCUT2D eigenvalue weighted by atomic mass is 10.3. The van der Waals surface area contributed by atoms with Crippen LogP contribution in [0.3, 0.4) is 0 Å². The van der Waals surface area contributed by atoms with Crippen LogP contribution in [0.15, 0.2) is 0 Å². The third-order valence-corrected chi connectivity index (χ3v) is 1.50. The van der Waals surface area contributed by atoms with Crippen molar-refractivity contribution < 1.29 is 4.79 Å². The smallest absolute Gasteiger partial charge is 0.325 e. The molecule has 0 bridgehead atoms. The zero-order chi connectivity index (χ0) is 7.40. The lowest BCUT2D eigenvalue weighted by molar-refractivity contribution is -0.125. The van der Waals surface area contributed by atoms with Crippen LogP contribution in [-0.2, 0) is 4.79 Å². The van der Waals surface area contributed by atoms with Gasteiger partial charge in [-0.2, -0.15) is 5.26 Å². The van der Waals surface area contributed by atoms with Crippen LogP contribution in [-0.4, -0.2) is 37.0 Å². The van der Waals surface area contributed by atoms with Gasteiger partial charge < -0.3 is 10.2 Å². The molecule has 1 N–H and O–H groups in total. The summed E-state index contributed by atoms with van der Waals surface area (Å²) in [6, 6.07) is 1.59. The van der Waals surface area contributed by atoms with Crippen LogP contribution in [0.2, 0.25) is 0 Å². The lowest BCUT2D eigenvalue weighted by Gasteiger charge is -2.24. The van der Waals surface area contributed by atoms with Crippen molar-refractivity contribution in [2.45, 2.75) is 0 Å². The molecular formula is C6H9N3O. The fraction of sp³-hybridized carbons (Fsp3) is 0.667. The summed E-state index contributed by atoms with van der Waals surface area (Å²) in [6.07, 6.45) is 0. The predicted octanol–water partition coefficient (Wildman–Crippen LogP) is -1.06. The number of nitrogens with zero attached hydrogens (tertiary/aromatic N) is 2. The summed E-state index contributed by atoms with van der Waals surface area (Å²) in [5, 5.41) is 11.3. The van der Waals surface area contributed by atoms with Crippen LogP contribution in [0.25, 0.3) is 0 Å². The summed E-state index contributed by atoms with van der Waals surface area (Å²) in [4.78, 5) is 12.3. The molecular weight excluding hydrogens is 130 g/mol. The average molecular weight is 139 g/mol. The van der Waals surface area contributed by atoms with Gasteiger partial charge in [0, 0.05) is 26.2 Å². The minimum absolute atomic E-state index is 0.415. The topological polar surface area (TPSA) is 56.1 Å². The highest BCUT2D eigenvalue weighted by atomic mass is 16.2. The summed E-state index contributed by atoms with van der Waals surface area (Å²) in [5.74, 6) is -0.415. The molecule has 0 radical (unpaired) electrons.